The van der Waals surface area contributed by atoms with E-state index in [2.05, 4.69) is 12.1 Å². The first-order valence-corrected chi connectivity index (χ1v) is 8.45. The van der Waals surface area contributed by atoms with Gasteiger partial charge in [0.15, 0.2) is 6.29 Å². The van der Waals surface area contributed by atoms with Crippen LogP contribution in [0.2, 0.25) is 0 Å². The molecule has 2 saturated heterocycles. The lowest BCUT2D eigenvalue weighted by atomic mass is 9.81. The van der Waals surface area contributed by atoms with Crippen molar-refractivity contribution in [2.45, 2.75) is 38.6 Å². The van der Waals surface area contributed by atoms with E-state index in [0.717, 1.165) is 25.9 Å². The molecule has 3 rings (SSSR count). The molecule has 0 aliphatic carbocycles. The molecule has 0 amide bonds. The smallest absolute Gasteiger partial charge is 0.330 e. The van der Waals surface area contributed by atoms with Crippen LogP contribution < -0.4 is 0 Å². The summed E-state index contributed by atoms with van der Waals surface area (Å²) in [4.78, 5) is 11.5. The standard InChI is InChI=1S/C19H24O4/c1-2-21-17(20)12-6-10-15-16-11-7-13-22-19(16)23-18(15)14-8-4-3-5-9-14/h3-6,8-9,12,15-16,18-19H,2,7,10-11,13H2,1H3/b12-6+/t15-,16+,18+,19-/m1/s1. The zero-order valence-electron chi connectivity index (χ0n) is 13.5. The maximum atomic E-state index is 11.5. The van der Waals surface area contributed by atoms with Crippen LogP contribution in [0.25, 0.3) is 0 Å². The van der Waals surface area contributed by atoms with Crippen LogP contribution >= 0.6 is 0 Å². The Labute approximate surface area is 137 Å². The summed E-state index contributed by atoms with van der Waals surface area (Å²) >= 11 is 0. The van der Waals surface area contributed by atoms with E-state index in [4.69, 9.17) is 14.2 Å². The van der Waals surface area contributed by atoms with Gasteiger partial charge in [-0.2, -0.15) is 0 Å². The van der Waals surface area contributed by atoms with Crippen molar-refractivity contribution in [2.24, 2.45) is 11.8 Å². The molecule has 0 radical (unpaired) electrons. The van der Waals surface area contributed by atoms with Crippen molar-refractivity contribution in [3.63, 3.8) is 0 Å². The van der Waals surface area contributed by atoms with E-state index in [-0.39, 0.29) is 18.4 Å². The fraction of sp³-hybridized carbons (Fsp3) is 0.526. The number of ether oxygens (including phenoxy) is 3. The molecule has 1 aromatic carbocycles. The molecule has 2 aliphatic rings. The van der Waals surface area contributed by atoms with Gasteiger partial charge in [0.1, 0.15) is 0 Å². The molecule has 0 bridgehead atoms. The average molecular weight is 316 g/mol. The van der Waals surface area contributed by atoms with Crippen molar-refractivity contribution in [1.82, 2.24) is 0 Å². The third-order valence-electron chi connectivity index (χ3n) is 4.61. The summed E-state index contributed by atoms with van der Waals surface area (Å²) < 4.78 is 17.0. The quantitative estimate of drug-likeness (QED) is 0.614. The molecule has 0 spiro atoms. The predicted molar refractivity (Wildman–Crippen MR) is 86.6 cm³/mol. The summed E-state index contributed by atoms with van der Waals surface area (Å²) in [6.07, 6.45) is 6.34. The number of carbonyl (C=O) groups is 1. The number of fused-ring (bicyclic) bond motifs is 1. The minimum absolute atomic E-state index is 0.0242. The second-order valence-electron chi connectivity index (χ2n) is 6.07. The fourth-order valence-corrected chi connectivity index (χ4v) is 3.58. The highest BCUT2D eigenvalue weighted by molar-refractivity contribution is 5.81. The van der Waals surface area contributed by atoms with Crippen LogP contribution in [0.15, 0.2) is 42.5 Å². The first-order chi connectivity index (χ1) is 11.3. The zero-order chi connectivity index (χ0) is 16.1. The Bertz CT molecular complexity index is 540. The molecule has 2 fully saturated rings. The van der Waals surface area contributed by atoms with Gasteiger partial charge in [-0.25, -0.2) is 4.79 Å². The van der Waals surface area contributed by atoms with Gasteiger partial charge in [0.05, 0.1) is 12.7 Å². The Morgan fingerprint density at radius 3 is 2.96 bits per heavy atom. The molecule has 124 valence electrons. The lowest BCUT2D eigenvalue weighted by Gasteiger charge is -2.27. The molecule has 1 aromatic rings. The van der Waals surface area contributed by atoms with Gasteiger partial charge in [-0.05, 0) is 31.7 Å². The van der Waals surface area contributed by atoms with Gasteiger partial charge in [-0.3, -0.25) is 0 Å². The van der Waals surface area contributed by atoms with Crippen molar-refractivity contribution in [3.05, 3.63) is 48.0 Å². The second-order valence-corrected chi connectivity index (χ2v) is 6.07. The molecule has 0 saturated carbocycles. The van der Waals surface area contributed by atoms with Gasteiger partial charge in [-0.15, -0.1) is 0 Å². The van der Waals surface area contributed by atoms with Gasteiger partial charge in [-0.1, -0.05) is 36.4 Å². The Morgan fingerprint density at radius 1 is 1.35 bits per heavy atom. The van der Waals surface area contributed by atoms with Crippen LogP contribution in [-0.2, 0) is 19.0 Å². The predicted octanol–water partition coefficient (Wildman–Crippen LogP) is 3.64. The Morgan fingerprint density at radius 2 is 2.17 bits per heavy atom. The summed E-state index contributed by atoms with van der Waals surface area (Å²) in [5.41, 5.74) is 1.18. The van der Waals surface area contributed by atoms with Crippen molar-refractivity contribution < 1.29 is 19.0 Å². The summed E-state index contributed by atoms with van der Waals surface area (Å²) in [6, 6.07) is 10.3. The van der Waals surface area contributed by atoms with Crippen LogP contribution in [0.4, 0.5) is 0 Å². The number of esters is 1. The fourth-order valence-electron chi connectivity index (χ4n) is 3.58. The van der Waals surface area contributed by atoms with E-state index in [0.29, 0.717) is 18.4 Å². The van der Waals surface area contributed by atoms with Gasteiger partial charge >= 0.3 is 5.97 Å². The van der Waals surface area contributed by atoms with E-state index >= 15 is 0 Å². The van der Waals surface area contributed by atoms with Crippen LogP contribution in [0.5, 0.6) is 0 Å². The highest BCUT2D eigenvalue weighted by atomic mass is 16.7. The van der Waals surface area contributed by atoms with Crippen LogP contribution in [-0.4, -0.2) is 25.5 Å². The summed E-state index contributed by atoms with van der Waals surface area (Å²) in [5.74, 6) is 0.438. The molecule has 2 heterocycles. The highest BCUT2D eigenvalue weighted by Crippen LogP contribution is 2.48. The molecule has 4 nitrogen and oxygen atoms in total. The topological polar surface area (TPSA) is 44.8 Å². The number of benzene rings is 1. The average Bonchev–Trinajstić information content (AvgIpc) is 2.95. The van der Waals surface area contributed by atoms with E-state index in [1.165, 1.54) is 11.6 Å². The lowest BCUT2D eigenvalue weighted by molar-refractivity contribution is -0.167. The van der Waals surface area contributed by atoms with E-state index in [1.807, 2.05) is 31.2 Å². The second kappa shape index (κ2) is 7.75. The van der Waals surface area contributed by atoms with Crippen molar-refractivity contribution in [3.8, 4) is 0 Å². The van der Waals surface area contributed by atoms with Gasteiger partial charge < -0.3 is 14.2 Å². The number of hydrogen-bond donors (Lipinski definition) is 0. The number of allylic oxidation sites excluding steroid dienone is 1. The monoisotopic (exact) mass is 316 g/mol. The number of rotatable bonds is 5. The maximum absolute atomic E-state index is 11.5. The minimum Gasteiger partial charge on any atom is -0.463 e. The Balaban J connectivity index is 1.73. The lowest BCUT2D eigenvalue weighted by Crippen LogP contribution is -2.28. The van der Waals surface area contributed by atoms with Crippen molar-refractivity contribution in [2.75, 3.05) is 13.2 Å². The molecule has 2 aliphatic heterocycles. The van der Waals surface area contributed by atoms with E-state index in [9.17, 15) is 4.79 Å². The first kappa shape index (κ1) is 16.2. The molecule has 23 heavy (non-hydrogen) atoms. The minimum atomic E-state index is -0.279. The maximum Gasteiger partial charge on any atom is 0.330 e. The third kappa shape index (κ3) is 3.82. The molecule has 0 aromatic heterocycles. The first-order valence-electron chi connectivity index (χ1n) is 8.45. The number of hydrogen-bond acceptors (Lipinski definition) is 4. The van der Waals surface area contributed by atoms with Crippen molar-refractivity contribution >= 4 is 5.97 Å². The molecule has 0 N–H and O–H groups in total. The molecular formula is C19H24O4. The molecular weight excluding hydrogens is 292 g/mol. The summed E-state index contributed by atoms with van der Waals surface area (Å²) in [7, 11) is 0. The normalized spacial score (nSPS) is 30.3. The largest absolute Gasteiger partial charge is 0.463 e. The summed E-state index contributed by atoms with van der Waals surface area (Å²) in [5, 5.41) is 0. The Hall–Kier alpha value is -1.65. The molecule has 4 atom stereocenters. The van der Waals surface area contributed by atoms with Gasteiger partial charge in [0, 0.05) is 24.5 Å². The van der Waals surface area contributed by atoms with Crippen molar-refractivity contribution in [1.29, 1.82) is 0 Å². The number of carbonyl (C=O) groups excluding carboxylic acids is 1. The van der Waals surface area contributed by atoms with Crippen LogP contribution in [0.1, 0.15) is 37.9 Å². The summed E-state index contributed by atoms with van der Waals surface area (Å²) in [6.45, 7) is 2.99. The van der Waals surface area contributed by atoms with Crippen LogP contribution in [0.3, 0.4) is 0 Å². The highest BCUT2D eigenvalue weighted by Gasteiger charge is 2.45. The molecule has 4 heteroatoms. The third-order valence-corrected chi connectivity index (χ3v) is 4.61. The van der Waals surface area contributed by atoms with E-state index < -0.39 is 0 Å². The van der Waals surface area contributed by atoms with Crippen LogP contribution in [0, 0.1) is 11.8 Å². The molecule has 0 unspecified atom stereocenters. The van der Waals surface area contributed by atoms with Gasteiger partial charge in [0.2, 0.25) is 0 Å². The zero-order valence-corrected chi connectivity index (χ0v) is 13.5. The Kier molecular flexibility index (Phi) is 5.47. The van der Waals surface area contributed by atoms with Gasteiger partial charge in [0.25, 0.3) is 0 Å². The SMILES string of the molecule is CCOC(=O)/C=C/C[C@@H]1[C@@H]2CCCO[C@@H]2O[C@H]1c1ccccc1. The van der Waals surface area contributed by atoms with E-state index in [1.54, 1.807) is 0 Å².